The molecule has 1 aromatic carbocycles. The number of urea groups is 1. The van der Waals surface area contributed by atoms with Crippen molar-refractivity contribution in [3.05, 3.63) is 77.5 Å². The maximum absolute atomic E-state index is 12.7. The minimum Gasteiger partial charge on any atom is -0.478 e. The van der Waals surface area contributed by atoms with Gasteiger partial charge in [-0.05, 0) is 36.4 Å². The Labute approximate surface area is 169 Å². The Kier molecular flexibility index (Phi) is 4.77. The molecule has 0 unspecified atom stereocenters. The van der Waals surface area contributed by atoms with Crippen LogP contribution in [-0.4, -0.2) is 33.8 Å². The van der Waals surface area contributed by atoms with Gasteiger partial charge in [0.15, 0.2) is 0 Å². The van der Waals surface area contributed by atoms with E-state index in [-0.39, 0.29) is 29.2 Å². The summed E-state index contributed by atoms with van der Waals surface area (Å²) in [5.41, 5.74) is 0.102. The molecule has 1 saturated heterocycles. The van der Waals surface area contributed by atoms with Crippen LogP contribution >= 0.6 is 0 Å². The number of rotatable bonds is 5. The van der Waals surface area contributed by atoms with Gasteiger partial charge < -0.3 is 13.9 Å². The molecule has 0 bridgehead atoms. The molecular weight excluding hydrogens is 392 g/mol. The fourth-order valence-electron chi connectivity index (χ4n) is 3.00. The Balaban J connectivity index is 1.64. The first-order valence-electron chi connectivity index (χ1n) is 8.78. The Morgan fingerprint density at radius 2 is 1.87 bits per heavy atom. The second-order valence-electron chi connectivity index (χ2n) is 6.34. The summed E-state index contributed by atoms with van der Waals surface area (Å²) in [5, 5.41) is 11.4. The van der Waals surface area contributed by atoms with E-state index in [0.29, 0.717) is 11.3 Å². The van der Waals surface area contributed by atoms with Gasteiger partial charge in [-0.25, -0.2) is 9.59 Å². The number of furan rings is 2. The van der Waals surface area contributed by atoms with Crippen molar-refractivity contribution in [1.82, 2.24) is 10.2 Å². The van der Waals surface area contributed by atoms with Crippen LogP contribution in [0.25, 0.3) is 17.4 Å². The van der Waals surface area contributed by atoms with E-state index in [4.69, 9.17) is 8.83 Å². The van der Waals surface area contributed by atoms with Gasteiger partial charge in [0.1, 0.15) is 22.9 Å². The average Bonchev–Trinajstić information content (AvgIpc) is 3.40. The number of carbonyl (C=O) groups excluding carboxylic acids is 3. The minimum atomic E-state index is -1.11. The summed E-state index contributed by atoms with van der Waals surface area (Å²) in [6.07, 6.45) is 2.61. The number of hydrogen-bond donors (Lipinski definition) is 2. The number of imide groups is 2. The SMILES string of the molecule is O=C1NC(=O)N(Cc2ccco2)C(=O)/C1=C/c1ccc(-c2ccccc2C(=O)O)o1. The van der Waals surface area contributed by atoms with E-state index in [1.807, 2.05) is 0 Å². The minimum absolute atomic E-state index is 0.0489. The lowest BCUT2D eigenvalue weighted by atomic mass is 10.1. The van der Waals surface area contributed by atoms with Crippen molar-refractivity contribution in [1.29, 1.82) is 0 Å². The van der Waals surface area contributed by atoms with Crippen LogP contribution in [0.4, 0.5) is 4.79 Å². The standard InChI is InChI=1S/C21H14N2O7/c24-18-16(19(25)23(21(28)22-18)11-13-4-3-9-29-13)10-12-7-8-17(30-12)14-5-1-2-6-15(14)20(26)27/h1-10H,11H2,(H,26,27)(H,22,24,28)/b16-10+. The van der Waals surface area contributed by atoms with Crippen molar-refractivity contribution in [2.75, 3.05) is 0 Å². The van der Waals surface area contributed by atoms with Gasteiger partial charge in [-0.2, -0.15) is 0 Å². The number of amides is 4. The zero-order valence-corrected chi connectivity index (χ0v) is 15.3. The highest BCUT2D eigenvalue weighted by Crippen LogP contribution is 2.27. The van der Waals surface area contributed by atoms with E-state index in [0.717, 1.165) is 4.90 Å². The molecule has 3 aromatic rings. The zero-order chi connectivity index (χ0) is 21.3. The van der Waals surface area contributed by atoms with Gasteiger partial charge in [-0.15, -0.1) is 0 Å². The Morgan fingerprint density at radius 3 is 2.60 bits per heavy atom. The number of nitrogens with one attached hydrogen (secondary N) is 1. The van der Waals surface area contributed by atoms with Crippen LogP contribution in [0.5, 0.6) is 0 Å². The molecule has 9 nitrogen and oxygen atoms in total. The summed E-state index contributed by atoms with van der Waals surface area (Å²) in [4.78, 5) is 49.2. The first-order valence-corrected chi connectivity index (χ1v) is 8.78. The third kappa shape index (κ3) is 3.51. The molecule has 1 fully saturated rings. The Hall–Kier alpha value is -4.40. The molecular formula is C21H14N2O7. The molecule has 0 saturated carbocycles. The number of barbiturate groups is 1. The normalized spacial score (nSPS) is 15.5. The van der Waals surface area contributed by atoms with Gasteiger partial charge in [0.2, 0.25) is 0 Å². The van der Waals surface area contributed by atoms with Gasteiger partial charge in [0.25, 0.3) is 11.8 Å². The number of carboxylic acid groups (broad SMARTS) is 1. The van der Waals surface area contributed by atoms with Crippen molar-refractivity contribution in [2.45, 2.75) is 6.54 Å². The number of carbonyl (C=O) groups is 4. The maximum atomic E-state index is 12.7. The average molecular weight is 406 g/mol. The molecule has 150 valence electrons. The number of benzene rings is 1. The first kappa shape index (κ1) is 18.9. The lowest BCUT2D eigenvalue weighted by Crippen LogP contribution is -2.53. The second-order valence-corrected chi connectivity index (χ2v) is 6.34. The topological polar surface area (TPSA) is 130 Å². The molecule has 30 heavy (non-hydrogen) atoms. The summed E-state index contributed by atoms with van der Waals surface area (Å²) < 4.78 is 10.8. The third-order valence-corrected chi connectivity index (χ3v) is 4.42. The highest BCUT2D eigenvalue weighted by Gasteiger charge is 2.36. The number of hydrogen-bond acceptors (Lipinski definition) is 6. The first-order chi connectivity index (χ1) is 14.4. The zero-order valence-electron chi connectivity index (χ0n) is 15.3. The predicted molar refractivity (Wildman–Crippen MR) is 102 cm³/mol. The molecule has 2 N–H and O–H groups in total. The fourth-order valence-corrected chi connectivity index (χ4v) is 3.00. The lowest BCUT2D eigenvalue weighted by molar-refractivity contribution is -0.130. The number of aromatic carboxylic acids is 1. The van der Waals surface area contributed by atoms with E-state index < -0.39 is 23.8 Å². The molecule has 1 aliphatic heterocycles. The van der Waals surface area contributed by atoms with Crippen LogP contribution in [0.1, 0.15) is 21.9 Å². The van der Waals surface area contributed by atoms with Crippen molar-refractivity contribution in [2.24, 2.45) is 0 Å². The highest BCUT2D eigenvalue weighted by molar-refractivity contribution is 6.30. The molecule has 4 amide bonds. The highest BCUT2D eigenvalue weighted by atomic mass is 16.4. The smallest absolute Gasteiger partial charge is 0.336 e. The number of nitrogens with zero attached hydrogens (tertiary/aromatic N) is 1. The van der Waals surface area contributed by atoms with E-state index in [9.17, 15) is 24.3 Å². The maximum Gasteiger partial charge on any atom is 0.336 e. The summed E-state index contributed by atoms with van der Waals surface area (Å²) in [7, 11) is 0. The lowest BCUT2D eigenvalue weighted by Gasteiger charge is -2.25. The molecule has 9 heteroatoms. The van der Waals surface area contributed by atoms with Crippen LogP contribution in [0, 0.1) is 0 Å². The molecule has 0 atom stereocenters. The predicted octanol–water partition coefficient (Wildman–Crippen LogP) is 2.90. The van der Waals surface area contributed by atoms with E-state index in [1.165, 1.54) is 30.5 Å². The van der Waals surface area contributed by atoms with Gasteiger partial charge in [-0.1, -0.05) is 18.2 Å². The molecule has 1 aliphatic rings. The second kappa shape index (κ2) is 7.55. The Bertz CT molecular complexity index is 1190. The van der Waals surface area contributed by atoms with E-state index >= 15 is 0 Å². The molecule has 0 radical (unpaired) electrons. The third-order valence-electron chi connectivity index (χ3n) is 4.42. The van der Waals surface area contributed by atoms with Gasteiger partial charge in [0, 0.05) is 5.56 Å². The van der Waals surface area contributed by atoms with Crippen LogP contribution < -0.4 is 5.32 Å². The quantitative estimate of drug-likeness (QED) is 0.492. The van der Waals surface area contributed by atoms with Crippen LogP contribution in [0.2, 0.25) is 0 Å². The van der Waals surface area contributed by atoms with E-state index in [1.54, 1.807) is 30.3 Å². The van der Waals surface area contributed by atoms with Gasteiger partial charge in [-0.3, -0.25) is 19.8 Å². The molecule has 0 aliphatic carbocycles. The van der Waals surface area contributed by atoms with Crippen molar-refractivity contribution in [3.8, 4) is 11.3 Å². The monoisotopic (exact) mass is 406 g/mol. The fraction of sp³-hybridized carbons (Fsp3) is 0.0476. The largest absolute Gasteiger partial charge is 0.478 e. The van der Waals surface area contributed by atoms with Crippen molar-refractivity contribution >= 4 is 29.9 Å². The van der Waals surface area contributed by atoms with Gasteiger partial charge in [0.05, 0.1) is 18.4 Å². The van der Waals surface area contributed by atoms with Crippen LogP contribution in [-0.2, 0) is 16.1 Å². The molecule has 0 spiro atoms. The van der Waals surface area contributed by atoms with Gasteiger partial charge >= 0.3 is 12.0 Å². The molecule has 2 aromatic heterocycles. The summed E-state index contributed by atoms with van der Waals surface area (Å²) in [5.74, 6) is -2.00. The molecule has 4 rings (SSSR count). The van der Waals surface area contributed by atoms with E-state index in [2.05, 4.69) is 5.32 Å². The summed E-state index contributed by atoms with van der Waals surface area (Å²) in [6, 6.07) is 11.7. The van der Waals surface area contributed by atoms with Crippen LogP contribution in [0.15, 0.2) is 69.2 Å². The summed E-state index contributed by atoms with van der Waals surface area (Å²) >= 11 is 0. The van der Waals surface area contributed by atoms with Crippen molar-refractivity contribution in [3.63, 3.8) is 0 Å². The summed E-state index contributed by atoms with van der Waals surface area (Å²) in [6.45, 7) is -0.141. The molecule has 3 heterocycles. The van der Waals surface area contributed by atoms with Crippen molar-refractivity contribution < 1.29 is 33.1 Å². The number of carboxylic acids is 1. The Morgan fingerprint density at radius 1 is 1.07 bits per heavy atom. The van der Waals surface area contributed by atoms with Crippen LogP contribution in [0.3, 0.4) is 0 Å².